The van der Waals surface area contributed by atoms with Crippen molar-refractivity contribution in [2.75, 3.05) is 4.90 Å². The molecule has 11 heteroatoms. The highest BCUT2D eigenvalue weighted by atomic mass is 35.5. The maximum absolute atomic E-state index is 13.8. The van der Waals surface area contributed by atoms with E-state index >= 15 is 0 Å². The van der Waals surface area contributed by atoms with Crippen LogP contribution in [0.2, 0.25) is 5.02 Å². The number of fused-ring (bicyclic) bond motifs is 2. The third kappa shape index (κ3) is 4.38. The van der Waals surface area contributed by atoms with Gasteiger partial charge >= 0.3 is 6.29 Å². The van der Waals surface area contributed by atoms with Gasteiger partial charge in [0.25, 0.3) is 5.56 Å². The number of aromatic nitrogens is 2. The number of nitrogens with zero attached hydrogens (tertiary/aromatic N) is 3. The number of anilines is 1. The van der Waals surface area contributed by atoms with E-state index in [0.29, 0.717) is 33.3 Å². The Morgan fingerprint density at radius 3 is 2.66 bits per heavy atom. The molecule has 0 atom stereocenters. The van der Waals surface area contributed by atoms with Gasteiger partial charge in [0.2, 0.25) is 5.91 Å². The summed E-state index contributed by atoms with van der Waals surface area (Å²) < 4.78 is 43.2. The lowest BCUT2D eigenvalue weighted by Gasteiger charge is -2.29. The maximum atomic E-state index is 13.8. The van der Waals surface area contributed by atoms with Gasteiger partial charge in [-0.3, -0.25) is 9.59 Å². The van der Waals surface area contributed by atoms with Gasteiger partial charge in [-0.15, -0.1) is 8.78 Å². The Balaban J connectivity index is 1.41. The van der Waals surface area contributed by atoms with E-state index in [1.54, 1.807) is 42.2 Å². The minimum absolute atomic E-state index is 0.109. The lowest BCUT2D eigenvalue weighted by Crippen LogP contribution is -2.43. The van der Waals surface area contributed by atoms with E-state index in [1.807, 2.05) is 0 Å². The highest BCUT2D eigenvalue weighted by molar-refractivity contribution is 6.30. The molecule has 8 nitrogen and oxygen atoms in total. The number of ether oxygens (including phenoxy) is 2. The number of furan rings is 1. The second kappa shape index (κ2) is 9.13. The minimum Gasteiger partial charge on any atom is -0.459 e. The zero-order valence-electron chi connectivity index (χ0n) is 20.2. The van der Waals surface area contributed by atoms with Crippen LogP contribution in [-0.2, 0) is 11.3 Å². The summed E-state index contributed by atoms with van der Waals surface area (Å²) in [7, 11) is 0. The van der Waals surface area contributed by atoms with Crippen LogP contribution in [0.3, 0.4) is 0 Å². The molecular weight excluding hydrogens is 520 g/mol. The van der Waals surface area contributed by atoms with Gasteiger partial charge in [0.05, 0.1) is 5.39 Å². The van der Waals surface area contributed by atoms with Gasteiger partial charge in [0.15, 0.2) is 17.1 Å². The molecule has 0 bridgehead atoms. The third-order valence-electron chi connectivity index (χ3n) is 6.76. The van der Waals surface area contributed by atoms with Crippen molar-refractivity contribution in [1.82, 2.24) is 9.78 Å². The molecule has 0 saturated heterocycles. The number of benzene rings is 2. The molecule has 2 aromatic carbocycles. The number of carbonyl (C=O) groups excluding carboxylic acids is 1. The first-order valence-electron chi connectivity index (χ1n) is 12.2. The summed E-state index contributed by atoms with van der Waals surface area (Å²) in [6, 6.07) is 12.7. The molecule has 1 saturated carbocycles. The number of halogens is 3. The molecule has 2 aromatic heterocycles. The molecule has 0 spiro atoms. The van der Waals surface area contributed by atoms with E-state index in [2.05, 4.69) is 14.6 Å². The number of carbonyl (C=O) groups is 1. The Bertz CT molecular complexity index is 1630. The van der Waals surface area contributed by atoms with Crippen molar-refractivity contribution in [2.24, 2.45) is 0 Å². The zero-order chi connectivity index (χ0) is 26.6. The number of aryl methyl sites for hydroxylation is 1. The molecule has 1 fully saturated rings. The van der Waals surface area contributed by atoms with Crippen LogP contribution >= 0.6 is 11.6 Å². The number of amides is 1. The van der Waals surface area contributed by atoms with Crippen molar-refractivity contribution in [1.29, 1.82) is 0 Å². The Kier molecular flexibility index (Phi) is 5.86. The Morgan fingerprint density at radius 2 is 1.89 bits per heavy atom. The average molecular weight is 542 g/mol. The fourth-order valence-corrected chi connectivity index (χ4v) is 5.33. The Hall–Kier alpha value is -3.92. The zero-order valence-corrected chi connectivity index (χ0v) is 21.0. The Labute approximate surface area is 220 Å². The van der Waals surface area contributed by atoms with Gasteiger partial charge in [-0.1, -0.05) is 36.6 Å². The molecule has 1 aliphatic carbocycles. The second-order valence-electron chi connectivity index (χ2n) is 9.42. The molecule has 0 N–H and O–H groups in total. The van der Waals surface area contributed by atoms with E-state index < -0.39 is 17.8 Å². The molecule has 2 aliphatic rings. The summed E-state index contributed by atoms with van der Waals surface area (Å²) in [4.78, 5) is 28.7. The maximum Gasteiger partial charge on any atom is 0.586 e. The van der Waals surface area contributed by atoms with Gasteiger partial charge in [0, 0.05) is 28.4 Å². The summed E-state index contributed by atoms with van der Waals surface area (Å²) in [6.07, 6.45) is -0.434. The molecule has 1 aliphatic heterocycles. The molecule has 1 amide bonds. The first kappa shape index (κ1) is 24.4. The number of hydrogen-bond donors (Lipinski definition) is 0. The van der Waals surface area contributed by atoms with E-state index in [0.717, 1.165) is 30.4 Å². The summed E-state index contributed by atoms with van der Waals surface area (Å²) >= 11 is 6.19. The molecule has 4 aromatic rings. The SMILES string of the molecule is Cc1cc2c(=O)n(CC(=O)N(c3ccc4c(c3)OC(F)(F)O4)C3CCCC3)nc(-c3cccc(Cl)c3)c2o1. The monoisotopic (exact) mass is 541 g/mol. The quantitative estimate of drug-likeness (QED) is 0.312. The molecule has 3 heterocycles. The average Bonchev–Trinajstić information content (AvgIpc) is 3.59. The van der Waals surface area contributed by atoms with E-state index in [4.69, 9.17) is 16.0 Å². The van der Waals surface area contributed by atoms with Crippen LogP contribution in [0.5, 0.6) is 11.5 Å². The smallest absolute Gasteiger partial charge is 0.459 e. The normalized spacial score (nSPS) is 16.3. The van der Waals surface area contributed by atoms with Crippen LogP contribution in [-0.4, -0.2) is 28.0 Å². The van der Waals surface area contributed by atoms with Crippen molar-refractivity contribution in [2.45, 2.75) is 51.5 Å². The highest BCUT2D eigenvalue weighted by Gasteiger charge is 2.44. The first-order valence-corrected chi connectivity index (χ1v) is 12.6. The van der Waals surface area contributed by atoms with E-state index in [9.17, 15) is 18.4 Å². The van der Waals surface area contributed by atoms with Crippen LogP contribution < -0.4 is 19.9 Å². The van der Waals surface area contributed by atoms with Crippen LogP contribution in [0.25, 0.3) is 22.2 Å². The van der Waals surface area contributed by atoms with Crippen molar-refractivity contribution >= 4 is 34.2 Å². The highest BCUT2D eigenvalue weighted by Crippen LogP contribution is 2.43. The summed E-state index contributed by atoms with van der Waals surface area (Å²) in [5, 5.41) is 5.28. The largest absolute Gasteiger partial charge is 0.586 e. The topological polar surface area (TPSA) is 86.8 Å². The van der Waals surface area contributed by atoms with Gasteiger partial charge in [0.1, 0.15) is 18.0 Å². The molecule has 6 rings (SSSR count). The van der Waals surface area contributed by atoms with Gasteiger partial charge in [-0.05, 0) is 50.1 Å². The third-order valence-corrected chi connectivity index (χ3v) is 7.00. The predicted molar refractivity (Wildman–Crippen MR) is 136 cm³/mol. The standard InChI is InChI=1S/C27H22ClF2N3O5/c1-15-11-20-25(36-15)24(16-5-4-6-17(28)12-16)31-32(26(20)35)14-23(34)33(18-7-2-3-8-18)19-9-10-21-22(13-19)38-27(29,30)37-21/h4-6,9-13,18H,2-3,7-8,14H2,1H3. The summed E-state index contributed by atoms with van der Waals surface area (Å²) in [5.74, 6) is -0.149. The Morgan fingerprint density at radius 1 is 1.13 bits per heavy atom. The molecule has 38 heavy (non-hydrogen) atoms. The fourth-order valence-electron chi connectivity index (χ4n) is 5.14. The second-order valence-corrected chi connectivity index (χ2v) is 9.86. The molecule has 0 unspecified atom stereocenters. The van der Waals surface area contributed by atoms with Gasteiger partial charge < -0.3 is 18.8 Å². The van der Waals surface area contributed by atoms with Crippen LogP contribution in [0.1, 0.15) is 31.4 Å². The lowest BCUT2D eigenvalue weighted by atomic mass is 10.1. The number of hydrogen-bond acceptors (Lipinski definition) is 6. The summed E-state index contributed by atoms with van der Waals surface area (Å²) in [6.45, 7) is 1.36. The lowest BCUT2D eigenvalue weighted by molar-refractivity contribution is -0.286. The number of rotatable bonds is 5. The van der Waals surface area contributed by atoms with Crippen LogP contribution in [0.15, 0.2) is 57.7 Å². The van der Waals surface area contributed by atoms with Gasteiger partial charge in [-0.2, -0.15) is 5.10 Å². The molecular formula is C27H22ClF2N3O5. The minimum atomic E-state index is -3.77. The number of alkyl halides is 2. The van der Waals surface area contributed by atoms with E-state index in [1.165, 1.54) is 18.2 Å². The van der Waals surface area contributed by atoms with Crippen molar-refractivity contribution in [3.8, 4) is 22.8 Å². The van der Waals surface area contributed by atoms with Crippen LogP contribution in [0.4, 0.5) is 14.5 Å². The van der Waals surface area contributed by atoms with Gasteiger partial charge in [-0.25, -0.2) is 4.68 Å². The summed E-state index contributed by atoms with van der Waals surface area (Å²) in [5.41, 5.74) is 1.21. The van der Waals surface area contributed by atoms with Crippen LogP contribution in [0, 0.1) is 6.92 Å². The van der Waals surface area contributed by atoms with Crippen molar-refractivity contribution in [3.63, 3.8) is 0 Å². The molecule has 0 radical (unpaired) electrons. The predicted octanol–water partition coefficient (Wildman–Crippen LogP) is 5.92. The van der Waals surface area contributed by atoms with Crippen molar-refractivity contribution < 1.29 is 27.5 Å². The van der Waals surface area contributed by atoms with Crippen molar-refractivity contribution in [3.05, 3.63) is 69.7 Å². The fraction of sp³-hybridized carbons (Fsp3) is 0.296. The van der Waals surface area contributed by atoms with E-state index in [-0.39, 0.29) is 29.5 Å². The first-order chi connectivity index (χ1) is 18.2. The molecule has 196 valence electrons.